The summed E-state index contributed by atoms with van der Waals surface area (Å²) in [6.07, 6.45) is 4.03. The summed E-state index contributed by atoms with van der Waals surface area (Å²) in [5, 5.41) is 3.81. The number of hydrogen-bond donors (Lipinski definition) is 1. The molecule has 0 aliphatic rings. The van der Waals surface area contributed by atoms with Crippen LogP contribution in [0, 0.1) is 0 Å². The number of amides is 1. The van der Waals surface area contributed by atoms with E-state index in [1.807, 2.05) is 24.3 Å². The summed E-state index contributed by atoms with van der Waals surface area (Å²) in [7, 11) is 0. The standard InChI is InChI=1S/C26H30N2O5/c1-4-6-8-19-11-13-20(14-12-19)27-24(29)17-28-16-15-21-22(25(28)30)9-7-10-23(21)33-18(3)26(31)32-5-2/h7,9-16,18H,4-6,8,17H2,1-3H3,(H,27,29)/t18-/m0/s1. The minimum Gasteiger partial charge on any atom is -0.478 e. The Morgan fingerprint density at radius 3 is 2.48 bits per heavy atom. The fourth-order valence-electron chi connectivity index (χ4n) is 3.51. The Morgan fingerprint density at radius 2 is 1.79 bits per heavy atom. The zero-order chi connectivity index (χ0) is 23.8. The normalized spacial score (nSPS) is 11.7. The molecule has 0 saturated carbocycles. The molecule has 0 unspecified atom stereocenters. The van der Waals surface area contributed by atoms with Crippen molar-refractivity contribution in [2.75, 3.05) is 11.9 Å². The molecule has 0 aliphatic heterocycles. The maximum Gasteiger partial charge on any atom is 0.347 e. The number of nitrogens with zero attached hydrogens (tertiary/aromatic N) is 1. The minimum absolute atomic E-state index is 0.114. The Balaban J connectivity index is 1.72. The highest BCUT2D eigenvalue weighted by molar-refractivity contribution is 5.91. The SMILES string of the molecule is CCCCc1ccc(NC(=O)Cn2ccc3c(O[C@@H](C)C(=O)OCC)cccc3c2=O)cc1. The van der Waals surface area contributed by atoms with Gasteiger partial charge < -0.3 is 19.4 Å². The summed E-state index contributed by atoms with van der Waals surface area (Å²) in [6.45, 7) is 5.62. The summed E-state index contributed by atoms with van der Waals surface area (Å²) in [5.74, 6) is -0.357. The molecule has 1 aromatic heterocycles. The fraction of sp³-hybridized carbons (Fsp3) is 0.346. The number of carbonyl (C=O) groups excluding carboxylic acids is 2. The summed E-state index contributed by atoms with van der Waals surface area (Å²) in [6, 6.07) is 14.5. The first-order valence-electron chi connectivity index (χ1n) is 11.3. The number of hydrogen-bond acceptors (Lipinski definition) is 5. The first-order chi connectivity index (χ1) is 15.9. The van der Waals surface area contributed by atoms with Gasteiger partial charge in [0, 0.05) is 17.3 Å². The van der Waals surface area contributed by atoms with Gasteiger partial charge in [-0.15, -0.1) is 0 Å². The van der Waals surface area contributed by atoms with Gasteiger partial charge in [0.15, 0.2) is 6.10 Å². The molecule has 0 saturated heterocycles. The van der Waals surface area contributed by atoms with Crippen molar-refractivity contribution < 1.29 is 19.1 Å². The Kier molecular flexibility index (Phi) is 8.24. The molecule has 0 aliphatic carbocycles. The zero-order valence-corrected chi connectivity index (χ0v) is 19.3. The number of carbonyl (C=O) groups is 2. The first-order valence-corrected chi connectivity index (χ1v) is 11.3. The second kappa shape index (κ2) is 11.3. The third kappa shape index (κ3) is 6.22. The molecule has 1 atom stereocenters. The van der Waals surface area contributed by atoms with E-state index in [9.17, 15) is 14.4 Å². The highest BCUT2D eigenvalue weighted by Gasteiger charge is 2.18. The predicted octanol–water partition coefficient (Wildman–Crippen LogP) is 4.31. The number of esters is 1. The van der Waals surface area contributed by atoms with E-state index >= 15 is 0 Å². The van der Waals surface area contributed by atoms with E-state index < -0.39 is 12.1 Å². The molecular formula is C26H30N2O5. The molecule has 7 heteroatoms. The van der Waals surface area contributed by atoms with Gasteiger partial charge in [-0.3, -0.25) is 9.59 Å². The van der Waals surface area contributed by atoms with Crippen LogP contribution in [0.2, 0.25) is 0 Å². The number of nitrogens with one attached hydrogen (secondary N) is 1. The average Bonchev–Trinajstić information content (AvgIpc) is 2.81. The van der Waals surface area contributed by atoms with Gasteiger partial charge in [0.1, 0.15) is 12.3 Å². The lowest BCUT2D eigenvalue weighted by Crippen LogP contribution is -2.28. The van der Waals surface area contributed by atoms with Crippen LogP contribution >= 0.6 is 0 Å². The lowest BCUT2D eigenvalue weighted by atomic mass is 10.1. The molecule has 7 nitrogen and oxygen atoms in total. The van der Waals surface area contributed by atoms with Crippen LogP contribution in [0.4, 0.5) is 5.69 Å². The van der Waals surface area contributed by atoms with Crippen molar-refractivity contribution in [3.05, 3.63) is 70.6 Å². The van der Waals surface area contributed by atoms with Crippen molar-refractivity contribution in [2.45, 2.75) is 52.7 Å². The molecule has 3 aromatic rings. The van der Waals surface area contributed by atoms with Crippen LogP contribution < -0.4 is 15.6 Å². The molecule has 3 rings (SSSR count). The van der Waals surface area contributed by atoms with Gasteiger partial charge in [-0.25, -0.2) is 4.79 Å². The third-order valence-corrected chi connectivity index (χ3v) is 5.27. The van der Waals surface area contributed by atoms with Crippen LogP contribution in [0.15, 0.2) is 59.5 Å². The molecule has 0 bridgehead atoms. The smallest absolute Gasteiger partial charge is 0.347 e. The Bertz CT molecular complexity index is 1170. The van der Waals surface area contributed by atoms with Crippen LogP contribution in [0.5, 0.6) is 5.75 Å². The van der Waals surface area contributed by atoms with E-state index in [2.05, 4.69) is 12.2 Å². The molecule has 33 heavy (non-hydrogen) atoms. The Morgan fingerprint density at radius 1 is 1.03 bits per heavy atom. The number of unbranched alkanes of at least 4 members (excludes halogenated alkanes) is 1. The van der Waals surface area contributed by atoms with Crippen molar-refractivity contribution in [1.29, 1.82) is 0 Å². The van der Waals surface area contributed by atoms with Gasteiger partial charge in [-0.05, 0) is 62.6 Å². The number of benzene rings is 2. The second-order valence-corrected chi connectivity index (χ2v) is 7.83. The highest BCUT2D eigenvalue weighted by Crippen LogP contribution is 2.24. The third-order valence-electron chi connectivity index (χ3n) is 5.27. The number of ether oxygens (including phenoxy) is 2. The molecular weight excluding hydrogens is 420 g/mol. The van der Waals surface area contributed by atoms with Gasteiger partial charge in [0.25, 0.3) is 5.56 Å². The fourth-order valence-corrected chi connectivity index (χ4v) is 3.51. The summed E-state index contributed by atoms with van der Waals surface area (Å²) in [5.41, 5.74) is 1.61. The van der Waals surface area contributed by atoms with Crippen LogP contribution in [0.1, 0.15) is 39.2 Å². The molecule has 174 valence electrons. The lowest BCUT2D eigenvalue weighted by molar-refractivity contribution is -0.150. The van der Waals surface area contributed by atoms with E-state index in [0.717, 1.165) is 19.3 Å². The van der Waals surface area contributed by atoms with Crippen molar-refractivity contribution >= 4 is 28.3 Å². The Hall–Kier alpha value is -3.61. The average molecular weight is 451 g/mol. The largest absolute Gasteiger partial charge is 0.478 e. The van der Waals surface area contributed by atoms with Gasteiger partial charge in [0.05, 0.1) is 12.0 Å². The summed E-state index contributed by atoms with van der Waals surface area (Å²) < 4.78 is 12.1. The number of pyridine rings is 1. The maximum atomic E-state index is 13.0. The van der Waals surface area contributed by atoms with Gasteiger partial charge in [0.2, 0.25) is 5.91 Å². The monoisotopic (exact) mass is 450 g/mol. The van der Waals surface area contributed by atoms with E-state index in [0.29, 0.717) is 22.2 Å². The molecule has 0 fully saturated rings. The van der Waals surface area contributed by atoms with Crippen LogP contribution in [0.25, 0.3) is 10.8 Å². The van der Waals surface area contributed by atoms with Crippen LogP contribution in [-0.2, 0) is 27.3 Å². The molecule has 0 radical (unpaired) electrons. The number of fused-ring (bicyclic) bond motifs is 1. The topological polar surface area (TPSA) is 86.6 Å². The number of anilines is 1. The number of rotatable bonds is 10. The minimum atomic E-state index is -0.808. The number of aromatic nitrogens is 1. The quantitative estimate of drug-likeness (QED) is 0.465. The van der Waals surface area contributed by atoms with E-state index in [-0.39, 0.29) is 24.6 Å². The lowest BCUT2D eigenvalue weighted by Gasteiger charge is -2.15. The van der Waals surface area contributed by atoms with Crippen LogP contribution in [0.3, 0.4) is 0 Å². The summed E-state index contributed by atoms with van der Waals surface area (Å²) >= 11 is 0. The Labute approximate surface area is 193 Å². The molecule has 1 heterocycles. The first kappa shape index (κ1) is 24.0. The zero-order valence-electron chi connectivity index (χ0n) is 19.3. The van der Waals surface area contributed by atoms with Gasteiger partial charge in [-0.1, -0.05) is 31.5 Å². The van der Waals surface area contributed by atoms with Crippen molar-refractivity contribution in [2.24, 2.45) is 0 Å². The van der Waals surface area contributed by atoms with Crippen molar-refractivity contribution in [3.8, 4) is 5.75 Å². The van der Waals surface area contributed by atoms with E-state index in [1.54, 1.807) is 44.3 Å². The molecule has 2 aromatic carbocycles. The van der Waals surface area contributed by atoms with Crippen molar-refractivity contribution in [3.63, 3.8) is 0 Å². The van der Waals surface area contributed by atoms with Crippen LogP contribution in [-0.4, -0.2) is 29.2 Å². The predicted molar refractivity (Wildman–Crippen MR) is 129 cm³/mol. The van der Waals surface area contributed by atoms with Crippen molar-refractivity contribution in [1.82, 2.24) is 4.57 Å². The maximum absolute atomic E-state index is 13.0. The number of aryl methyl sites for hydroxylation is 1. The summed E-state index contributed by atoms with van der Waals surface area (Å²) in [4.78, 5) is 37.4. The van der Waals surface area contributed by atoms with Gasteiger partial charge >= 0.3 is 5.97 Å². The molecule has 1 N–H and O–H groups in total. The van der Waals surface area contributed by atoms with E-state index in [1.165, 1.54) is 10.1 Å². The second-order valence-electron chi connectivity index (χ2n) is 7.83. The van der Waals surface area contributed by atoms with E-state index in [4.69, 9.17) is 9.47 Å². The highest BCUT2D eigenvalue weighted by atomic mass is 16.6. The van der Waals surface area contributed by atoms with Gasteiger partial charge in [-0.2, -0.15) is 0 Å². The molecule has 0 spiro atoms. The molecule has 1 amide bonds.